The maximum atomic E-state index is 13.2. The van der Waals surface area contributed by atoms with Crippen molar-refractivity contribution in [1.82, 2.24) is 5.32 Å². The number of alkyl carbamates (subject to hydrolysis) is 1. The number of carbonyl (C=O) groups excluding carboxylic acids is 2. The molecule has 0 bridgehead atoms. The van der Waals surface area contributed by atoms with E-state index in [2.05, 4.69) is 5.32 Å². The Morgan fingerprint density at radius 2 is 1.28 bits per heavy atom. The second-order valence-corrected chi connectivity index (χ2v) is 8.76. The number of rotatable bonds is 6. The van der Waals surface area contributed by atoms with Crippen LogP contribution in [0.25, 0.3) is 11.1 Å². The summed E-state index contributed by atoms with van der Waals surface area (Å²) in [6.45, 7) is 7.04. The van der Waals surface area contributed by atoms with Gasteiger partial charge in [-0.15, -0.1) is 0 Å². The van der Waals surface area contributed by atoms with Crippen LogP contribution in [0.1, 0.15) is 38.8 Å². The molecule has 0 heterocycles. The lowest BCUT2D eigenvalue weighted by Gasteiger charge is -2.30. The highest BCUT2D eigenvalue weighted by Gasteiger charge is 2.40. The quantitative estimate of drug-likeness (QED) is 0.498. The molecule has 0 spiro atoms. The minimum Gasteiger partial charge on any atom is -0.459 e. The Morgan fingerprint density at radius 3 is 1.84 bits per heavy atom. The predicted molar refractivity (Wildman–Crippen MR) is 125 cm³/mol. The standard InChI is InChI=1S/C27H29NO4/c1-26(2,3)32-25(30)28-27(4,24(29)31-19-20-11-7-5-8-12-20)23-17-15-22(16-18-23)21-13-9-6-10-14-21/h5-18H,19H2,1-4H3,(H,28,30)/t27-/m0/s1. The Morgan fingerprint density at radius 1 is 0.750 bits per heavy atom. The Labute approximate surface area is 189 Å². The number of hydrogen-bond donors (Lipinski definition) is 1. The van der Waals surface area contributed by atoms with Crippen LogP contribution >= 0.6 is 0 Å². The monoisotopic (exact) mass is 431 g/mol. The first-order chi connectivity index (χ1) is 15.2. The van der Waals surface area contributed by atoms with E-state index in [9.17, 15) is 9.59 Å². The molecule has 0 aliphatic carbocycles. The summed E-state index contributed by atoms with van der Waals surface area (Å²) in [6.07, 6.45) is -0.691. The van der Waals surface area contributed by atoms with Gasteiger partial charge in [-0.2, -0.15) is 0 Å². The van der Waals surface area contributed by atoms with Crippen LogP contribution in [-0.2, 0) is 26.4 Å². The van der Waals surface area contributed by atoms with E-state index in [0.29, 0.717) is 5.56 Å². The van der Waals surface area contributed by atoms with Gasteiger partial charge in [0.05, 0.1) is 0 Å². The molecule has 0 unspecified atom stereocenters. The highest BCUT2D eigenvalue weighted by molar-refractivity contribution is 5.87. The Hall–Kier alpha value is -3.60. The van der Waals surface area contributed by atoms with E-state index >= 15 is 0 Å². The van der Waals surface area contributed by atoms with Gasteiger partial charge >= 0.3 is 12.1 Å². The number of benzene rings is 3. The van der Waals surface area contributed by atoms with Crippen molar-refractivity contribution in [3.05, 3.63) is 96.1 Å². The molecule has 0 aliphatic rings. The van der Waals surface area contributed by atoms with Crippen LogP contribution in [0.3, 0.4) is 0 Å². The second kappa shape index (κ2) is 9.69. The van der Waals surface area contributed by atoms with E-state index in [-0.39, 0.29) is 6.61 Å². The average Bonchev–Trinajstić information content (AvgIpc) is 2.77. The van der Waals surface area contributed by atoms with E-state index in [1.807, 2.05) is 84.9 Å². The summed E-state index contributed by atoms with van der Waals surface area (Å²) in [5, 5.41) is 2.73. The Balaban J connectivity index is 1.86. The highest BCUT2D eigenvalue weighted by atomic mass is 16.6. The van der Waals surface area contributed by atoms with Gasteiger partial charge in [0.25, 0.3) is 0 Å². The molecular formula is C27H29NO4. The lowest BCUT2D eigenvalue weighted by Crippen LogP contribution is -2.51. The summed E-state index contributed by atoms with van der Waals surface area (Å²) in [5.41, 5.74) is 1.41. The summed E-state index contributed by atoms with van der Waals surface area (Å²) in [7, 11) is 0. The molecule has 0 aromatic heterocycles. The largest absolute Gasteiger partial charge is 0.459 e. The number of ether oxygens (including phenoxy) is 2. The molecule has 0 saturated heterocycles. The normalized spacial score (nSPS) is 13.0. The van der Waals surface area contributed by atoms with E-state index in [0.717, 1.165) is 16.7 Å². The van der Waals surface area contributed by atoms with Gasteiger partial charge in [-0.05, 0) is 49.9 Å². The summed E-state index contributed by atoms with van der Waals surface area (Å²) < 4.78 is 11.0. The first-order valence-corrected chi connectivity index (χ1v) is 10.6. The lowest BCUT2D eigenvalue weighted by molar-refractivity contribution is -0.152. The van der Waals surface area contributed by atoms with Crippen molar-refractivity contribution in [2.75, 3.05) is 0 Å². The zero-order valence-corrected chi connectivity index (χ0v) is 18.9. The molecule has 0 aliphatic heterocycles. The van der Waals surface area contributed by atoms with Gasteiger partial charge < -0.3 is 14.8 Å². The van der Waals surface area contributed by atoms with Gasteiger partial charge in [0, 0.05) is 0 Å². The number of esters is 1. The summed E-state index contributed by atoms with van der Waals surface area (Å²) >= 11 is 0. The molecule has 5 heteroatoms. The predicted octanol–water partition coefficient (Wildman–Crippen LogP) is 5.84. The number of amides is 1. The van der Waals surface area contributed by atoms with Crippen molar-refractivity contribution in [2.45, 2.75) is 45.4 Å². The Kier molecular flexibility index (Phi) is 6.98. The molecule has 1 atom stereocenters. The molecule has 166 valence electrons. The van der Waals surface area contributed by atoms with Crippen molar-refractivity contribution in [3.63, 3.8) is 0 Å². The van der Waals surface area contributed by atoms with Crippen LogP contribution in [0.2, 0.25) is 0 Å². The molecule has 1 amide bonds. The zero-order valence-electron chi connectivity index (χ0n) is 18.9. The van der Waals surface area contributed by atoms with Crippen molar-refractivity contribution < 1.29 is 19.1 Å². The summed E-state index contributed by atoms with van der Waals surface area (Å²) in [4.78, 5) is 25.8. The van der Waals surface area contributed by atoms with Gasteiger partial charge in [0.15, 0.2) is 5.54 Å². The third-order valence-electron chi connectivity index (χ3n) is 4.94. The first-order valence-electron chi connectivity index (χ1n) is 10.6. The van der Waals surface area contributed by atoms with Gasteiger partial charge in [-0.25, -0.2) is 9.59 Å². The lowest BCUT2D eigenvalue weighted by atomic mass is 9.90. The number of nitrogens with one attached hydrogen (secondary N) is 1. The van der Waals surface area contributed by atoms with Crippen molar-refractivity contribution >= 4 is 12.1 Å². The average molecular weight is 432 g/mol. The minimum absolute atomic E-state index is 0.105. The van der Waals surface area contributed by atoms with Crippen molar-refractivity contribution in [3.8, 4) is 11.1 Å². The number of hydrogen-bond acceptors (Lipinski definition) is 4. The van der Waals surface area contributed by atoms with Gasteiger partial charge in [0.2, 0.25) is 0 Å². The third-order valence-corrected chi connectivity index (χ3v) is 4.94. The van der Waals surface area contributed by atoms with Crippen molar-refractivity contribution in [2.24, 2.45) is 0 Å². The minimum atomic E-state index is -1.42. The second-order valence-electron chi connectivity index (χ2n) is 8.76. The van der Waals surface area contributed by atoms with Crippen LogP contribution in [0.15, 0.2) is 84.9 Å². The Bertz CT molecular complexity index is 1040. The molecule has 32 heavy (non-hydrogen) atoms. The fourth-order valence-electron chi connectivity index (χ4n) is 3.24. The summed E-state index contributed by atoms with van der Waals surface area (Å²) in [6, 6.07) is 26.8. The fraction of sp³-hybridized carbons (Fsp3) is 0.259. The highest BCUT2D eigenvalue weighted by Crippen LogP contribution is 2.27. The summed E-state index contributed by atoms with van der Waals surface area (Å²) in [5.74, 6) is -0.570. The third kappa shape index (κ3) is 5.97. The van der Waals surface area contributed by atoms with Gasteiger partial charge in [-0.3, -0.25) is 0 Å². The van der Waals surface area contributed by atoms with Gasteiger partial charge in [-0.1, -0.05) is 84.9 Å². The molecule has 0 fully saturated rings. The molecule has 0 saturated carbocycles. The fourth-order valence-corrected chi connectivity index (χ4v) is 3.24. The molecule has 0 radical (unpaired) electrons. The zero-order chi connectivity index (χ0) is 23.2. The van der Waals surface area contributed by atoms with E-state index in [4.69, 9.17) is 9.47 Å². The molecule has 3 rings (SSSR count). The molecular weight excluding hydrogens is 402 g/mol. The maximum absolute atomic E-state index is 13.2. The van der Waals surface area contributed by atoms with Crippen LogP contribution in [0.5, 0.6) is 0 Å². The van der Waals surface area contributed by atoms with E-state index < -0.39 is 23.2 Å². The van der Waals surface area contributed by atoms with Crippen LogP contribution in [0.4, 0.5) is 4.79 Å². The van der Waals surface area contributed by atoms with Crippen LogP contribution < -0.4 is 5.32 Å². The molecule has 3 aromatic rings. The van der Waals surface area contributed by atoms with Crippen LogP contribution in [-0.4, -0.2) is 17.7 Å². The van der Waals surface area contributed by atoms with Crippen molar-refractivity contribution in [1.29, 1.82) is 0 Å². The smallest absolute Gasteiger partial charge is 0.408 e. The molecule has 5 nitrogen and oxygen atoms in total. The maximum Gasteiger partial charge on any atom is 0.408 e. The molecule has 3 aromatic carbocycles. The van der Waals surface area contributed by atoms with Crippen LogP contribution in [0, 0.1) is 0 Å². The SMILES string of the molecule is CC(C)(C)OC(=O)N[C@](C)(C(=O)OCc1ccccc1)c1ccc(-c2ccccc2)cc1. The van der Waals surface area contributed by atoms with E-state index in [1.54, 1.807) is 27.7 Å². The first kappa shape index (κ1) is 23.1. The van der Waals surface area contributed by atoms with E-state index in [1.165, 1.54) is 0 Å². The molecule has 1 N–H and O–H groups in total. The topological polar surface area (TPSA) is 64.6 Å². The number of carbonyl (C=O) groups is 2. The van der Waals surface area contributed by atoms with Gasteiger partial charge in [0.1, 0.15) is 12.2 Å².